The summed E-state index contributed by atoms with van der Waals surface area (Å²) < 4.78 is 65.6. The molecule has 0 unspecified atom stereocenters. The highest BCUT2D eigenvalue weighted by atomic mass is 32.2. The van der Waals surface area contributed by atoms with Gasteiger partial charge in [0.15, 0.2) is 5.75 Å². The van der Waals surface area contributed by atoms with E-state index in [9.17, 15) is 21.6 Å². The molecule has 0 radical (unpaired) electrons. The molecular weight excluding hydrogens is 341 g/mol. The highest BCUT2D eigenvalue weighted by molar-refractivity contribution is 7.88. The lowest BCUT2D eigenvalue weighted by Crippen LogP contribution is -2.28. The van der Waals surface area contributed by atoms with Crippen LogP contribution in [0.25, 0.3) is 10.8 Å². The largest absolute Gasteiger partial charge is 0.534 e. The van der Waals surface area contributed by atoms with Crippen LogP contribution in [0.2, 0.25) is 0 Å². The molecule has 0 aromatic heterocycles. The van der Waals surface area contributed by atoms with Gasteiger partial charge in [-0.05, 0) is 32.6 Å². The Morgan fingerprint density at radius 3 is 2.25 bits per heavy atom. The molecule has 0 fully saturated rings. The number of hydrogen-bond acceptors (Lipinski definition) is 3. The first-order valence-corrected chi connectivity index (χ1v) is 8.58. The summed E-state index contributed by atoms with van der Waals surface area (Å²) >= 11 is 0. The Morgan fingerprint density at radius 2 is 1.67 bits per heavy atom. The molecule has 0 aliphatic rings. The maximum Gasteiger partial charge on any atom is 0.534 e. The van der Waals surface area contributed by atoms with Crippen molar-refractivity contribution in [2.45, 2.75) is 32.7 Å². The predicted molar refractivity (Wildman–Crippen MR) is 87.3 cm³/mol. The number of allylic oxidation sites excluding steroid dienone is 2. The molecule has 0 saturated heterocycles. The van der Waals surface area contributed by atoms with Gasteiger partial charge in [0.05, 0.1) is 0 Å². The summed E-state index contributed by atoms with van der Waals surface area (Å²) in [6.07, 6.45) is 0.301. The molecule has 2 aromatic carbocycles. The highest BCUT2D eigenvalue weighted by Crippen LogP contribution is 2.36. The van der Waals surface area contributed by atoms with Crippen molar-refractivity contribution >= 4 is 20.9 Å². The van der Waals surface area contributed by atoms with Crippen LogP contribution in [0.15, 0.2) is 47.5 Å². The molecule has 0 atom stereocenters. The molecular formula is C17H17F3O3S. The molecule has 130 valence electrons. The van der Waals surface area contributed by atoms with Crippen molar-refractivity contribution in [2.24, 2.45) is 0 Å². The van der Waals surface area contributed by atoms with E-state index in [1.807, 2.05) is 20.8 Å². The van der Waals surface area contributed by atoms with E-state index >= 15 is 0 Å². The fraction of sp³-hybridized carbons (Fsp3) is 0.294. The van der Waals surface area contributed by atoms with Crippen LogP contribution in [0, 0.1) is 0 Å². The van der Waals surface area contributed by atoms with E-state index in [0.29, 0.717) is 22.8 Å². The van der Waals surface area contributed by atoms with Gasteiger partial charge in [0.1, 0.15) is 0 Å². The van der Waals surface area contributed by atoms with E-state index in [1.165, 1.54) is 6.07 Å². The minimum absolute atomic E-state index is 0.272. The molecule has 7 heteroatoms. The number of benzene rings is 2. The fourth-order valence-electron chi connectivity index (χ4n) is 2.15. The van der Waals surface area contributed by atoms with E-state index in [4.69, 9.17) is 0 Å². The molecule has 0 N–H and O–H groups in total. The molecule has 0 spiro atoms. The maximum atomic E-state index is 12.7. The Balaban J connectivity index is 2.66. The zero-order chi connectivity index (χ0) is 18.1. The van der Waals surface area contributed by atoms with Crippen LogP contribution < -0.4 is 4.18 Å². The summed E-state index contributed by atoms with van der Waals surface area (Å²) in [5.74, 6) is -0.272. The topological polar surface area (TPSA) is 43.4 Å². The van der Waals surface area contributed by atoms with E-state index < -0.39 is 15.6 Å². The molecule has 0 aliphatic carbocycles. The lowest BCUT2D eigenvalue weighted by molar-refractivity contribution is -0.0499. The zero-order valence-electron chi connectivity index (χ0n) is 13.4. The first-order chi connectivity index (χ1) is 11.0. The molecule has 3 nitrogen and oxygen atoms in total. The molecule has 0 bridgehead atoms. The smallest absolute Gasteiger partial charge is 0.375 e. The van der Waals surface area contributed by atoms with Gasteiger partial charge >= 0.3 is 15.6 Å². The number of alkyl halides is 3. The average molecular weight is 358 g/mol. The van der Waals surface area contributed by atoms with Gasteiger partial charge in [-0.15, -0.1) is 0 Å². The van der Waals surface area contributed by atoms with Crippen molar-refractivity contribution in [3.8, 4) is 5.75 Å². The third-order valence-corrected chi connectivity index (χ3v) is 4.70. The quantitative estimate of drug-likeness (QED) is 0.440. The minimum atomic E-state index is -5.74. The second-order valence-electron chi connectivity index (χ2n) is 5.72. The predicted octanol–water partition coefficient (Wildman–Crippen LogP) is 4.97. The van der Waals surface area contributed by atoms with E-state index in [2.05, 4.69) is 4.18 Å². The van der Waals surface area contributed by atoms with E-state index in [1.54, 1.807) is 30.3 Å². The SMILES string of the molecule is CC(C)=C(C)Cc1ccc2ccccc2c1OS(=O)(=O)C(F)(F)F. The first kappa shape index (κ1) is 18.3. The third kappa shape index (κ3) is 3.72. The molecule has 0 amide bonds. The summed E-state index contributed by atoms with van der Waals surface area (Å²) in [6, 6.07) is 9.88. The second kappa shape index (κ2) is 6.47. The fourth-order valence-corrected chi connectivity index (χ4v) is 2.66. The molecule has 2 rings (SSSR count). The summed E-state index contributed by atoms with van der Waals surface area (Å²) in [5, 5.41) is 0.924. The molecule has 24 heavy (non-hydrogen) atoms. The zero-order valence-corrected chi connectivity index (χ0v) is 14.3. The monoisotopic (exact) mass is 358 g/mol. The summed E-state index contributed by atoms with van der Waals surface area (Å²) in [4.78, 5) is 0. The van der Waals surface area contributed by atoms with Crippen molar-refractivity contribution in [1.29, 1.82) is 0 Å². The first-order valence-electron chi connectivity index (χ1n) is 7.17. The number of fused-ring (bicyclic) bond motifs is 1. The van der Waals surface area contributed by atoms with Gasteiger partial charge in [-0.1, -0.05) is 47.5 Å². The lowest BCUT2D eigenvalue weighted by atomic mass is 9.98. The summed E-state index contributed by atoms with van der Waals surface area (Å²) in [5.41, 5.74) is -3.15. The van der Waals surface area contributed by atoms with Crippen LogP contribution in [-0.2, 0) is 16.5 Å². The van der Waals surface area contributed by atoms with Gasteiger partial charge in [-0.25, -0.2) is 0 Å². The number of rotatable bonds is 4. The van der Waals surface area contributed by atoms with Crippen LogP contribution in [-0.4, -0.2) is 13.9 Å². The van der Waals surface area contributed by atoms with Crippen LogP contribution in [0.4, 0.5) is 13.2 Å². The number of halogens is 3. The normalized spacial score (nSPS) is 12.2. The van der Waals surface area contributed by atoms with Gasteiger partial charge in [0.2, 0.25) is 0 Å². The van der Waals surface area contributed by atoms with Crippen LogP contribution in [0.3, 0.4) is 0 Å². The Hall–Kier alpha value is -2.02. The van der Waals surface area contributed by atoms with Crippen molar-refractivity contribution in [3.63, 3.8) is 0 Å². The van der Waals surface area contributed by atoms with Crippen molar-refractivity contribution < 1.29 is 25.8 Å². The van der Waals surface area contributed by atoms with Crippen LogP contribution >= 0.6 is 0 Å². The molecule has 0 aliphatic heterocycles. The van der Waals surface area contributed by atoms with Gasteiger partial charge in [0, 0.05) is 10.9 Å². The Kier molecular flexibility index (Phi) is 4.94. The maximum absolute atomic E-state index is 12.7. The van der Waals surface area contributed by atoms with Gasteiger partial charge < -0.3 is 4.18 Å². The van der Waals surface area contributed by atoms with Crippen molar-refractivity contribution in [3.05, 3.63) is 53.1 Å². The molecule has 2 aromatic rings. The third-order valence-electron chi connectivity index (χ3n) is 3.75. The average Bonchev–Trinajstić information content (AvgIpc) is 2.48. The van der Waals surface area contributed by atoms with Crippen LogP contribution in [0.1, 0.15) is 26.3 Å². The highest BCUT2D eigenvalue weighted by Gasteiger charge is 2.49. The Bertz CT molecular complexity index is 893. The van der Waals surface area contributed by atoms with Crippen molar-refractivity contribution in [2.75, 3.05) is 0 Å². The summed E-state index contributed by atoms with van der Waals surface area (Å²) in [7, 11) is -5.74. The Labute approximate surface area is 138 Å². The minimum Gasteiger partial charge on any atom is -0.375 e. The van der Waals surface area contributed by atoms with Gasteiger partial charge in [0.25, 0.3) is 0 Å². The molecule has 0 heterocycles. The summed E-state index contributed by atoms with van der Waals surface area (Å²) in [6.45, 7) is 5.60. The van der Waals surface area contributed by atoms with E-state index in [-0.39, 0.29) is 5.75 Å². The number of hydrogen-bond donors (Lipinski definition) is 0. The standard InChI is InChI=1S/C17H17F3O3S/c1-11(2)12(3)10-14-9-8-13-6-4-5-7-15(13)16(14)23-24(21,22)17(18,19)20/h4-9H,10H2,1-3H3. The van der Waals surface area contributed by atoms with Crippen LogP contribution in [0.5, 0.6) is 5.75 Å². The van der Waals surface area contributed by atoms with E-state index in [0.717, 1.165) is 11.1 Å². The van der Waals surface area contributed by atoms with Gasteiger partial charge in [-0.2, -0.15) is 21.6 Å². The second-order valence-corrected chi connectivity index (χ2v) is 7.25. The van der Waals surface area contributed by atoms with Gasteiger partial charge in [-0.3, -0.25) is 0 Å². The van der Waals surface area contributed by atoms with Crippen molar-refractivity contribution in [1.82, 2.24) is 0 Å². The lowest BCUT2D eigenvalue weighted by Gasteiger charge is -2.16. The Morgan fingerprint density at radius 1 is 1.04 bits per heavy atom. The molecule has 0 saturated carbocycles.